The third kappa shape index (κ3) is 5.85. The Morgan fingerprint density at radius 1 is 1.18 bits per heavy atom. The lowest BCUT2D eigenvalue weighted by molar-refractivity contribution is 0.211. The fourth-order valence-corrected chi connectivity index (χ4v) is 2.98. The van der Waals surface area contributed by atoms with Crippen molar-refractivity contribution in [3.63, 3.8) is 0 Å². The molecule has 1 aromatic heterocycles. The minimum Gasteiger partial charge on any atom is -0.354 e. The van der Waals surface area contributed by atoms with Crippen molar-refractivity contribution < 1.29 is 4.79 Å². The van der Waals surface area contributed by atoms with E-state index in [0.29, 0.717) is 6.54 Å². The van der Waals surface area contributed by atoms with E-state index in [9.17, 15) is 4.79 Å². The second-order valence-electron chi connectivity index (χ2n) is 5.09. The Morgan fingerprint density at radius 2 is 1.91 bits per heavy atom. The number of benzene rings is 1. The van der Waals surface area contributed by atoms with Gasteiger partial charge in [-0.2, -0.15) is 0 Å². The van der Waals surface area contributed by atoms with Crippen LogP contribution in [0.3, 0.4) is 0 Å². The molecule has 0 saturated carbocycles. The smallest absolute Gasteiger partial charge is 0.317 e. The van der Waals surface area contributed by atoms with Crippen LogP contribution in [0.15, 0.2) is 59.8 Å². The number of rotatable bonds is 8. The van der Waals surface area contributed by atoms with Gasteiger partial charge in [0, 0.05) is 49.7 Å². The van der Waals surface area contributed by atoms with Crippen LogP contribution in [0.5, 0.6) is 0 Å². The van der Waals surface area contributed by atoms with E-state index in [2.05, 4.69) is 22.0 Å². The molecule has 0 radical (unpaired) electrons. The Kier molecular flexibility index (Phi) is 6.90. The molecule has 4 nitrogen and oxygen atoms in total. The average molecular weight is 317 g/mol. The number of thioether (sulfide) groups is 1. The van der Waals surface area contributed by atoms with Crippen LogP contribution in [0.2, 0.25) is 0 Å². The summed E-state index contributed by atoms with van der Waals surface area (Å²) >= 11 is 1.77. The standard InChI is InChI=1S/C17H23N3OS/c1-19(14-15-22-16-8-3-2-4-9-16)17(21)18-10-7-13-20-11-5-6-12-20/h2-6,8-9,11-12H,7,10,13-15H2,1H3,(H,18,21). The molecule has 0 unspecified atom stereocenters. The maximum absolute atomic E-state index is 11.9. The second-order valence-corrected chi connectivity index (χ2v) is 6.26. The van der Waals surface area contributed by atoms with Gasteiger partial charge in [-0.15, -0.1) is 11.8 Å². The summed E-state index contributed by atoms with van der Waals surface area (Å²) in [7, 11) is 1.84. The van der Waals surface area contributed by atoms with Crippen LogP contribution in [0.25, 0.3) is 0 Å². The van der Waals surface area contributed by atoms with Gasteiger partial charge in [0.05, 0.1) is 0 Å². The van der Waals surface area contributed by atoms with Crippen molar-refractivity contribution in [1.29, 1.82) is 0 Å². The number of hydrogen-bond donors (Lipinski definition) is 1. The minimum atomic E-state index is 0.00108. The van der Waals surface area contributed by atoms with Gasteiger partial charge in [-0.3, -0.25) is 0 Å². The summed E-state index contributed by atoms with van der Waals surface area (Å²) < 4.78 is 2.12. The third-order valence-electron chi connectivity index (χ3n) is 3.32. The maximum Gasteiger partial charge on any atom is 0.317 e. The Balaban J connectivity index is 1.56. The van der Waals surface area contributed by atoms with E-state index in [1.54, 1.807) is 16.7 Å². The van der Waals surface area contributed by atoms with Gasteiger partial charge in [-0.25, -0.2) is 4.79 Å². The lowest BCUT2D eigenvalue weighted by Gasteiger charge is -2.17. The fourth-order valence-electron chi connectivity index (χ4n) is 2.03. The zero-order chi connectivity index (χ0) is 15.6. The van der Waals surface area contributed by atoms with Crippen molar-refractivity contribution in [2.45, 2.75) is 17.9 Å². The number of nitrogens with zero attached hydrogens (tertiary/aromatic N) is 2. The number of hydrogen-bond acceptors (Lipinski definition) is 2. The molecule has 1 N–H and O–H groups in total. The van der Waals surface area contributed by atoms with Gasteiger partial charge in [0.1, 0.15) is 0 Å². The number of carbonyl (C=O) groups is 1. The average Bonchev–Trinajstić information content (AvgIpc) is 3.05. The lowest BCUT2D eigenvalue weighted by Crippen LogP contribution is -2.39. The molecule has 5 heteroatoms. The summed E-state index contributed by atoms with van der Waals surface area (Å²) in [5.41, 5.74) is 0. The molecule has 1 heterocycles. The monoisotopic (exact) mass is 317 g/mol. The first-order chi connectivity index (χ1) is 10.8. The summed E-state index contributed by atoms with van der Waals surface area (Å²) in [4.78, 5) is 14.9. The zero-order valence-electron chi connectivity index (χ0n) is 12.9. The van der Waals surface area contributed by atoms with Crippen molar-refractivity contribution in [1.82, 2.24) is 14.8 Å². The van der Waals surface area contributed by atoms with Gasteiger partial charge in [0.25, 0.3) is 0 Å². The first-order valence-electron chi connectivity index (χ1n) is 7.53. The number of aryl methyl sites for hydroxylation is 1. The molecule has 0 fully saturated rings. The van der Waals surface area contributed by atoms with Crippen LogP contribution >= 0.6 is 11.8 Å². The summed E-state index contributed by atoms with van der Waals surface area (Å²) in [6.07, 6.45) is 5.01. The molecule has 118 valence electrons. The first-order valence-corrected chi connectivity index (χ1v) is 8.52. The highest BCUT2D eigenvalue weighted by Gasteiger charge is 2.07. The number of nitrogens with one attached hydrogen (secondary N) is 1. The van der Waals surface area contributed by atoms with Gasteiger partial charge in [-0.05, 0) is 30.7 Å². The molecule has 2 amide bonds. The van der Waals surface area contributed by atoms with Crippen molar-refractivity contribution in [3.8, 4) is 0 Å². The second kappa shape index (κ2) is 9.20. The van der Waals surface area contributed by atoms with Crippen molar-refractivity contribution in [2.75, 3.05) is 25.9 Å². The summed E-state index contributed by atoms with van der Waals surface area (Å²) in [6, 6.07) is 14.3. The minimum absolute atomic E-state index is 0.00108. The molecule has 0 bridgehead atoms. The van der Waals surface area contributed by atoms with Gasteiger partial charge in [0.2, 0.25) is 0 Å². The van der Waals surface area contributed by atoms with Crippen LogP contribution in [-0.4, -0.2) is 41.4 Å². The predicted octanol–water partition coefficient (Wildman–Crippen LogP) is 3.31. The number of amides is 2. The molecule has 0 saturated heterocycles. The third-order valence-corrected chi connectivity index (χ3v) is 4.31. The van der Waals surface area contributed by atoms with E-state index in [-0.39, 0.29) is 6.03 Å². The Labute approximate surface area is 136 Å². The zero-order valence-corrected chi connectivity index (χ0v) is 13.8. The van der Waals surface area contributed by atoms with Crippen LogP contribution in [0.4, 0.5) is 4.79 Å². The molecule has 0 atom stereocenters. The molecule has 2 rings (SSSR count). The van der Waals surface area contributed by atoms with Gasteiger partial charge in [0.15, 0.2) is 0 Å². The van der Waals surface area contributed by atoms with E-state index in [1.807, 2.05) is 49.8 Å². The first kappa shape index (κ1) is 16.5. The van der Waals surface area contributed by atoms with E-state index < -0.39 is 0 Å². The molecule has 2 aromatic rings. The van der Waals surface area contributed by atoms with E-state index in [1.165, 1.54) is 4.90 Å². The van der Waals surface area contributed by atoms with E-state index >= 15 is 0 Å². The normalized spacial score (nSPS) is 10.4. The summed E-state index contributed by atoms with van der Waals surface area (Å²) in [5, 5.41) is 2.96. The molecule has 1 aromatic carbocycles. The van der Waals surface area contributed by atoms with Crippen molar-refractivity contribution in [3.05, 3.63) is 54.9 Å². The van der Waals surface area contributed by atoms with E-state index in [4.69, 9.17) is 0 Å². The van der Waals surface area contributed by atoms with Gasteiger partial charge in [-0.1, -0.05) is 18.2 Å². The Bertz CT molecular complexity index is 542. The SMILES string of the molecule is CN(CCSc1ccccc1)C(=O)NCCCn1cccc1. The van der Waals surface area contributed by atoms with Crippen LogP contribution in [0.1, 0.15) is 6.42 Å². The highest BCUT2D eigenvalue weighted by atomic mass is 32.2. The molecular formula is C17H23N3OS. The molecule has 22 heavy (non-hydrogen) atoms. The number of aromatic nitrogens is 1. The van der Waals surface area contributed by atoms with Crippen LogP contribution < -0.4 is 5.32 Å². The molecule has 0 aliphatic carbocycles. The quantitative estimate of drug-likeness (QED) is 0.599. The summed E-state index contributed by atoms with van der Waals surface area (Å²) in [5.74, 6) is 0.900. The predicted molar refractivity (Wildman–Crippen MR) is 92.2 cm³/mol. The van der Waals surface area contributed by atoms with Gasteiger partial charge >= 0.3 is 6.03 Å². The Morgan fingerprint density at radius 3 is 2.64 bits per heavy atom. The highest BCUT2D eigenvalue weighted by molar-refractivity contribution is 7.99. The lowest BCUT2D eigenvalue weighted by atomic mass is 10.4. The largest absolute Gasteiger partial charge is 0.354 e. The molecule has 0 aliphatic rings. The highest BCUT2D eigenvalue weighted by Crippen LogP contribution is 2.16. The van der Waals surface area contributed by atoms with Crippen LogP contribution in [0, 0.1) is 0 Å². The molecule has 0 spiro atoms. The number of carbonyl (C=O) groups excluding carboxylic acids is 1. The number of urea groups is 1. The molecular weight excluding hydrogens is 294 g/mol. The van der Waals surface area contributed by atoms with Crippen molar-refractivity contribution in [2.24, 2.45) is 0 Å². The molecule has 0 aliphatic heterocycles. The fraction of sp³-hybridized carbons (Fsp3) is 0.353. The summed E-state index contributed by atoms with van der Waals surface area (Å²) in [6.45, 7) is 2.37. The van der Waals surface area contributed by atoms with E-state index in [0.717, 1.165) is 25.3 Å². The van der Waals surface area contributed by atoms with Crippen LogP contribution in [-0.2, 0) is 6.54 Å². The maximum atomic E-state index is 11.9. The van der Waals surface area contributed by atoms with Gasteiger partial charge < -0.3 is 14.8 Å². The van der Waals surface area contributed by atoms with Crippen molar-refractivity contribution >= 4 is 17.8 Å². The topological polar surface area (TPSA) is 37.3 Å². The Hall–Kier alpha value is -1.88.